The Morgan fingerprint density at radius 3 is 2.86 bits per heavy atom. The Morgan fingerprint density at radius 1 is 1.50 bits per heavy atom. The Labute approximate surface area is 82.3 Å². The van der Waals surface area contributed by atoms with Crippen molar-refractivity contribution < 1.29 is 4.39 Å². The molecule has 0 aromatic heterocycles. The van der Waals surface area contributed by atoms with Gasteiger partial charge in [0.1, 0.15) is 5.82 Å². The van der Waals surface area contributed by atoms with Crippen LogP contribution in [0, 0.1) is 17.1 Å². The summed E-state index contributed by atoms with van der Waals surface area (Å²) in [7, 11) is 0. The standard InChI is InChI=1S/C10H12FN3/c11-9-6-8(7-13)2-3-10(9)14-5-1-4-12/h2-3,6,14H,1,4-5,12H2. The van der Waals surface area contributed by atoms with Crippen LogP contribution < -0.4 is 11.1 Å². The summed E-state index contributed by atoms with van der Waals surface area (Å²) in [6, 6.07) is 6.22. The first-order valence-electron chi connectivity index (χ1n) is 4.41. The van der Waals surface area contributed by atoms with Crippen LogP contribution in [0.5, 0.6) is 0 Å². The highest BCUT2D eigenvalue weighted by Crippen LogP contribution is 2.14. The van der Waals surface area contributed by atoms with Crippen LogP contribution in [0.4, 0.5) is 10.1 Å². The maximum absolute atomic E-state index is 13.2. The summed E-state index contributed by atoms with van der Waals surface area (Å²) in [5, 5.41) is 11.4. The topological polar surface area (TPSA) is 61.8 Å². The van der Waals surface area contributed by atoms with Crippen LogP contribution in [0.1, 0.15) is 12.0 Å². The van der Waals surface area contributed by atoms with Gasteiger partial charge in [-0.25, -0.2) is 4.39 Å². The first-order chi connectivity index (χ1) is 6.77. The van der Waals surface area contributed by atoms with Gasteiger partial charge in [0.15, 0.2) is 0 Å². The number of nitrogens with one attached hydrogen (secondary N) is 1. The van der Waals surface area contributed by atoms with Gasteiger partial charge in [-0.2, -0.15) is 5.26 Å². The van der Waals surface area contributed by atoms with Gasteiger partial charge in [-0.3, -0.25) is 0 Å². The van der Waals surface area contributed by atoms with Gasteiger partial charge >= 0.3 is 0 Å². The lowest BCUT2D eigenvalue weighted by Gasteiger charge is -2.06. The molecular formula is C10H12FN3. The number of nitrogens with two attached hydrogens (primary N) is 1. The molecule has 1 aromatic carbocycles. The molecule has 1 rings (SSSR count). The van der Waals surface area contributed by atoms with Gasteiger partial charge in [0.2, 0.25) is 0 Å². The van der Waals surface area contributed by atoms with Crippen molar-refractivity contribution in [3.8, 4) is 6.07 Å². The predicted molar refractivity (Wildman–Crippen MR) is 53.3 cm³/mol. The number of nitrogens with zero attached hydrogens (tertiary/aromatic N) is 1. The van der Waals surface area contributed by atoms with Crippen LogP contribution in [0.2, 0.25) is 0 Å². The normalized spacial score (nSPS) is 9.50. The van der Waals surface area contributed by atoms with Crippen LogP contribution in [0.25, 0.3) is 0 Å². The summed E-state index contributed by atoms with van der Waals surface area (Å²) in [4.78, 5) is 0. The van der Waals surface area contributed by atoms with E-state index in [1.54, 1.807) is 12.1 Å². The van der Waals surface area contributed by atoms with Crippen molar-refractivity contribution in [3.63, 3.8) is 0 Å². The Hall–Kier alpha value is -1.60. The van der Waals surface area contributed by atoms with Crippen molar-refractivity contribution in [2.75, 3.05) is 18.4 Å². The first-order valence-corrected chi connectivity index (χ1v) is 4.41. The van der Waals surface area contributed by atoms with Crippen molar-refractivity contribution in [3.05, 3.63) is 29.6 Å². The van der Waals surface area contributed by atoms with Gasteiger partial charge in [0.25, 0.3) is 0 Å². The molecule has 74 valence electrons. The highest BCUT2D eigenvalue weighted by atomic mass is 19.1. The van der Waals surface area contributed by atoms with Crippen molar-refractivity contribution in [2.24, 2.45) is 5.73 Å². The zero-order chi connectivity index (χ0) is 10.4. The van der Waals surface area contributed by atoms with E-state index in [2.05, 4.69) is 5.32 Å². The number of halogens is 1. The average molecular weight is 193 g/mol. The second-order valence-electron chi connectivity index (χ2n) is 2.88. The lowest BCUT2D eigenvalue weighted by Crippen LogP contribution is -2.09. The second-order valence-corrected chi connectivity index (χ2v) is 2.88. The molecule has 0 aliphatic rings. The van der Waals surface area contributed by atoms with Crippen LogP contribution >= 0.6 is 0 Å². The fourth-order valence-electron chi connectivity index (χ4n) is 1.05. The number of rotatable bonds is 4. The maximum atomic E-state index is 13.2. The Morgan fingerprint density at radius 2 is 2.29 bits per heavy atom. The number of nitriles is 1. The highest BCUT2D eigenvalue weighted by Gasteiger charge is 2.01. The van der Waals surface area contributed by atoms with Gasteiger partial charge in [-0.15, -0.1) is 0 Å². The number of benzene rings is 1. The first kappa shape index (κ1) is 10.5. The number of hydrogen-bond acceptors (Lipinski definition) is 3. The Balaban J connectivity index is 2.65. The smallest absolute Gasteiger partial charge is 0.147 e. The van der Waals surface area contributed by atoms with E-state index in [4.69, 9.17) is 11.0 Å². The molecular weight excluding hydrogens is 181 g/mol. The summed E-state index contributed by atoms with van der Waals surface area (Å²) in [5.74, 6) is -0.402. The van der Waals surface area contributed by atoms with Crippen molar-refractivity contribution in [1.29, 1.82) is 5.26 Å². The molecule has 0 amide bonds. The van der Waals surface area contributed by atoms with Crippen molar-refractivity contribution >= 4 is 5.69 Å². The molecule has 0 heterocycles. The Kier molecular flexibility index (Phi) is 3.89. The van der Waals surface area contributed by atoms with E-state index in [-0.39, 0.29) is 0 Å². The lowest BCUT2D eigenvalue weighted by molar-refractivity contribution is 0.629. The van der Waals surface area contributed by atoms with E-state index in [1.165, 1.54) is 6.07 Å². The third-order valence-corrected chi connectivity index (χ3v) is 1.79. The molecule has 0 fully saturated rings. The van der Waals surface area contributed by atoms with E-state index in [9.17, 15) is 4.39 Å². The monoisotopic (exact) mass is 193 g/mol. The largest absolute Gasteiger partial charge is 0.383 e. The molecule has 0 spiro atoms. The zero-order valence-electron chi connectivity index (χ0n) is 7.76. The summed E-state index contributed by atoms with van der Waals surface area (Å²) in [5.41, 5.74) is 6.04. The Bertz CT molecular complexity index is 344. The van der Waals surface area contributed by atoms with E-state index in [0.29, 0.717) is 24.3 Å². The molecule has 0 bridgehead atoms. The summed E-state index contributed by atoms with van der Waals surface area (Å²) in [6.07, 6.45) is 0.791. The molecule has 3 N–H and O–H groups in total. The van der Waals surface area contributed by atoms with E-state index < -0.39 is 5.82 Å². The third kappa shape index (κ3) is 2.71. The van der Waals surface area contributed by atoms with Gasteiger partial charge in [0.05, 0.1) is 17.3 Å². The summed E-state index contributed by atoms with van der Waals surface area (Å²) < 4.78 is 13.2. The average Bonchev–Trinajstić information content (AvgIpc) is 2.20. The molecule has 4 heteroatoms. The minimum absolute atomic E-state index is 0.326. The van der Waals surface area contributed by atoms with Gasteiger partial charge < -0.3 is 11.1 Å². The van der Waals surface area contributed by atoms with Crippen molar-refractivity contribution in [2.45, 2.75) is 6.42 Å². The van der Waals surface area contributed by atoms with Crippen LogP contribution in [-0.2, 0) is 0 Å². The molecule has 0 saturated carbocycles. The molecule has 0 atom stereocenters. The molecule has 0 aliphatic heterocycles. The van der Waals surface area contributed by atoms with E-state index in [1.807, 2.05) is 6.07 Å². The number of hydrogen-bond donors (Lipinski definition) is 2. The van der Waals surface area contributed by atoms with E-state index in [0.717, 1.165) is 6.42 Å². The molecule has 14 heavy (non-hydrogen) atoms. The minimum atomic E-state index is -0.402. The van der Waals surface area contributed by atoms with E-state index >= 15 is 0 Å². The van der Waals surface area contributed by atoms with Gasteiger partial charge in [0, 0.05) is 6.54 Å². The molecule has 0 saturated heterocycles. The van der Waals surface area contributed by atoms with Crippen LogP contribution in [-0.4, -0.2) is 13.1 Å². The van der Waals surface area contributed by atoms with Crippen LogP contribution in [0.3, 0.4) is 0 Å². The lowest BCUT2D eigenvalue weighted by atomic mass is 10.2. The minimum Gasteiger partial charge on any atom is -0.383 e. The van der Waals surface area contributed by atoms with Gasteiger partial charge in [-0.1, -0.05) is 0 Å². The van der Waals surface area contributed by atoms with Gasteiger partial charge in [-0.05, 0) is 31.2 Å². The molecule has 0 unspecified atom stereocenters. The van der Waals surface area contributed by atoms with Crippen LogP contribution in [0.15, 0.2) is 18.2 Å². The highest BCUT2D eigenvalue weighted by molar-refractivity contribution is 5.48. The zero-order valence-corrected chi connectivity index (χ0v) is 7.76. The molecule has 3 nitrogen and oxygen atoms in total. The fraction of sp³-hybridized carbons (Fsp3) is 0.300. The molecule has 1 aromatic rings. The quantitative estimate of drug-likeness (QED) is 0.711. The number of anilines is 1. The molecule has 0 aliphatic carbocycles. The fourth-order valence-corrected chi connectivity index (χ4v) is 1.05. The third-order valence-electron chi connectivity index (χ3n) is 1.79. The SMILES string of the molecule is N#Cc1ccc(NCCCN)c(F)c1. The summed E-state index contributed by atoms with van der Waals surface area (Å²) in [6.45, 7) is 1.21. The van der Waals surface area contributed by atoms with Crippen molar-refractivity contribution in [1.82, 2.24) is 0 Å². The maximum Gasteiger partial charge on any atom is 0.147 e. The molecule has 0 radical (unpaired) electrons. The second kappa shape index (κ2) is 5.20. The summed E-state index contributed by atoms with van der Waals surface area (Å²) >= 11 is 0. The predicted octanol–water partition coefficient (Wildman–Crippen LogP) is 1.46.